The summed E-state index contributed by atoms with van der Waals surface area (Å²) in [5.74, 6) is -0.385. The molecule has 6 nitrogen and oxygen atoms in total. The van der Waals surface area contributed by atoms with Crippen LogP contribution >= 0.6 is 0 Å². The third kappa shape index (κ3) is 3.92. The highest BCUT2D eigenvalue weighted by Crippen LogP contribution is 2.34. The lowest BCUT2D eigenvalue weighted by atomic mass is 9.98. The SMILES string of the molecule is Cc1ccc2cc(Cc3cn([C@@H]4O[C@H](CO)[C@@H](O)[C@H](O)[C@H]4O)c4ccc(F)cc34)ccc2c1. The van der Waals surface area contributed by atoms with Crippen LogP contribution in [0.3, 0.4) is 0 Å². The first-order valence-corrected chi connectivity index (χ1v) is 10.9. The van der Waals surface area contributed by atoms with E-state index >= 15 is 0 Å². The smallest absolute Gasteiger partial charge is 0.163 e. The fourth-order valence-electron chi connectivity index (χ4n) is 4.71. The van der Waals surface area contributed by atoms with Gasteiger partial charge in [0.05, 0.1) is 12.1 Å². The Bertz CT molecular complexity index is 1320. The fourth-order valence-corrected chi connectivity index (χ4v) is 4.71. The van der Waals surface area contributed by atoms with Gasteiger partial charge in [0.1, 0.15) is 30.2 Å². The highest BCUT2D eigenvalue weighted by atomic mass is 19.1. The molecule has 1 aromatic heterocycles. The highest BCUT2D eigenvalue weighted by molar-refractivity contribution is 5.86. The van der Waals surface area contributed by atoms with Crippen LogP contribution in [0.25, 0.3) is 21.7 Å². The molecule has 0 unspecified atom stereocenters. The van der Waals surface area contributed by atoms with Gasteiger partial charge in [0.2, 0.25) is 0 Å². The zero-order valence-corrected chi connectivity index (χ0v) is 18.1. The van der Waals surface area contributed by atoms with Gasteiger partial charge in [-0.2, -0.15) is 0 Å². The van der Waals surface area contributed by atoms with Gasteiger partial charge < -0.3 is 29.7 Å². The predicted molar refractivity (Wildman–Crippen MR) is 122 cm³/mol. The molecule has 33 heavy (non-hydrogen) atoms. The van der Waals surface area contributed by atoms with Gasteiger partial charge in [-0.1, -0.05) is 42.0 Å². The first kappa shape index (κ1) is 22.0. The zero-order chi connectivity index (χ0) is 23.3. The van der Waals surface area contributed by atoms with Crippen LogP contribution in [0, 0.1) is 12.7 Å². The number of benzene rings is 3. The molecule has 172 valence electrons. The molecular weight excluding hydrogens is 425 g/mol. The minimum Gasteiger partial charge on any atom is -0.394 e. The van der Waals surface area contributed by atoms with E-state index in [1.807, 2.05) is 6.07 Å². The van der Waals surface area contributed by atoms with Crippen LogP contribution in [-0.2, 0) is 11.2 Å². The lowest BCUT2D eigenvalue weighted by Crippen LogP contribution is -2.56. The highest BCUT2D eigenvalue weighted by Gasteiger charge is 2.44. The summed E-state index contributed by atoms with van der Waals surface area (Å²) < 4.78 is 21.5. The largest absolute Gasteiger partial charge is 0.394 e. The van der Waals surface area contributed by atoms with E-state index in [4.69, 9.17) is 4.74 Å². The third-order valence-corrected chi connectivity index (χ3v) is 6.47. The number of rotatable bonds is 4. The van der Waals surface area contributed by atoms with E-state index in [0.717, 1.165) is 21.9 Å². The molecule has 4 aromatic rings. The number of aryl methyl sites for hydroxylation is 1. The Morgan fingerprint density at radius 3 is 2.45 bits per heavy atom. The van der Waals surface area contributed by atoms with E-state index in [1.165, 1.54) is 17.7 Å². The van der Waals surface area contributed by atoms with Crippen LogP contribution < -0.4 is 0 Å². The number of ether oxygens (including phenoxy) is 1. The van der Waals surface area contributed by atoms with E-state index in [9.17, 15) is 24.8 Å². The molecule has 0 spiro atoms. The third-order valence-electron chi connectivity index (χ3n) is 6.47. The monoisotopic (exact) mass is 451 g/mol. The Morgan fingerprint density at radius 2 is 1.67 bits per heavy atom. The fraction of sp³-hybridized carbons (Fsp3) is 0.308. The Hall–Kier alpha value is -2.81. The summed E-state index contributed by atoms with van der Waals surface area (Å²) in [5, 5.41) is 43.5. The second-order valence-electron chi connectivity index (χ2n) is 8.80. The van der Waals surface area contributed by atoms with Crippen molar-refractivity contribution in [2.24, 2.45) is 0 Å². The van der Waals surface area contributed by atoms with Gasteiger partial charge in [0.15, 0.2) is 6.23 Å². The molecule has 0 saturated carbocycles. The number of hydrogen-bond acceptors (Lipinski definition) is 5. The van der Waals surface area contributed by atoms with E-state index in [1.54, 1.807) is 16.8 Å². The van der Waals surface area contributed by atoms with Gasteiger partial charge in [0, 0.05) is 11.6 Å². The van der Waals surface area contributed by atoms with Crippen LogP contribution in [0.15, 0.2) is 60.8 Å². The van der Waals surface area contributed by atoms with Gasteiger partial charge in [-0.05, 0) is 53.4 Å². The summed E-state index contributed by atoms with van der Waals surface area (Å²) in [4.78, 5) is 0. The lowest BCUT2D eigenvalue weighted by Gasteiger charge is -2.40. The minimum atomic E-state index is -1.49. The van der Waals surface area contributed by atoms with Crippen LogP contribution in [0.4, 0.5) is 4.39 Å². The number of aliphatic hydroxyl groups excluding tert-OH is 4. The maximum atomic E-state index is 14.2. The number of hydrogen-bond donors (Lipinski definition) is 4. The van der Waals surface area contributed by atoms with Crippen molar-refractivity contribution in [3.05, 3.63) is 83.3 Å². The zero-order valence-electron chi connectivity index (χ0n) is 18.1. The van der Waals surface area contributed by atoms with Crippen LogP contribution in [0.2, 0.25) is 0 Å². The standard InChI is InChI=1S/C26H26FNO5/c1-14-2-4-17-9-15(3-5-16(17)8-14)10-18-12-28(21-7-6-19(27)11-20(18)21)26-25(32)24(31)23(30)22(13-29)33-26/h2-9,11-12,22-26,29-32H,10,13H2,1H3/t22-,23-,24+,25-,26-/m1/s1. The van der Waals surface area contributed by atoms with Crippen molar-refractivity contribution in [3.63, 3.8) is 0 Å². The number of halogens is 1. The topological polar surface area (TPSA) is 95.1 Å². The first-order valence-electron chi connectivity index (χ1n) is 10.9. The van der Waals surface area contributed by atoms with Crippen molar-refractivity contribution in [2.75, 3.05) is 6.61 Å². The normalized spacial score (nSPS) is 25.7. The molecule has 1 aliphatic rings. The van der Waals surface area contributed by atoms with E-state index in [2.05, 4.69) is 37.3 Å². The van der Waals surface area contributed by atoms with Crippen molar-refractivity contribution in [2.45, 2.75) is 44.0 Å². The maximum Gasteiger partial charge on any atom is 0.163 e. The predicted octanol–water partition coefficient (Wildman–Crippen LogP) is 2.81. The van der Waals surface area contributed by atoms with Gasteiger partial charge in [-0.15, -0.1) is 0 Å². The molecule has 3 aromatic carbocycles. The Labute approximate surface area is 190 Å². The van der Waals surface area contributed by atoms with Crippen molar-refractivity contribution in [3.8, 4) is 0 Å². The molecule has 4 N–H and O–H groups in total. The first-order chi connectivity index (χ1) is 15.9. The molecule has 5 atom stereocenters. The Kier molecular flexibility index (Phi) is 5.68. The minimum absolute atomic E-state index is 0.385. The van der Waals surface area contributed by atoms with Crippen LogP contribution in [0.1, 0.15) is 22.9 Å². The van der Waals surface area contributed by atoms with Crippen molar-refractivity contribution in [1.29, 1.82) is 0 Å². The van der Waals surface area contributed by atoms with E-state index < -0.39 is 37.3 Å². The number of aliphatic hydroxyl groups is 4. The van der Waals surface area contributed by atoms with Crippen molar-refractivity contribution in [1.82, 2.24) is 4.57 Å². The van der Waals surface area contributed by atoms with Crippen LogP contribution in [-0.4, -0.2) is 56.0 Å². The van der Waals surface area contributed by atoms with E-state index in [0.29, 0.717) is 17.3 Å². The van der Waals surface area contributed by atoms with Gasteiger partial charge in [-0.3, -0.25) is 0 Å². The molecule has 1 saturated heterocycles. The second-order valence-corrected chi connectivity index (χ2v) is 8.80. The lowest BCUT2D eigenvalue weighted by molar-refractivity contribution is -0.250. The van der Waals surface area contributed by atoms with Crippen molar-refractivity contribution >= 4 is 21.7 Å². The summed E-state index contributed by atoms with van der Waals surface area (Å²) >= 11 is 0. The Balaban J connectivity index is 1.57. The molecule has 0 radical (unpaired) electrons. The molecular formula is C26H26FNO5. The molecule has 7 heteroatoms. The average molecular weight is 451 g/mol. The van der Waals surface area contributed by atoms with Gasteiger partial charge in [-0.25, -0.2) is 4.39 Å². The molecule has 1 aliphatic heterocycles. The molecule has 2 heterocycles. The molecule has 0 amide bonds. The van der Waals surface area contributed by atoms with Crippen molar-refractivity contribution < 1.29 is 29.6 Å². The summed E-state index contributed by atoms with van der Waals surface area (Å²) in [7, 11) is 0. The maximum absolute atomic E-state index is 14.2. The number of aromatic nitrogens is 1. The number of nitrogens with zero attached hydrogens (tertiary/aromatic N) is 1. The Morgan fingerprint density at radius 1 is 0.909 bits per heavy atom. The quantitative estimate of drug-likeness (QED) is 0.383. The summed E-state index contributed by atoms with van der Waals surface area (Å²) in [5.41, 5.74) is 3.68. The van der Waals surface area contributed by atoms with Gasteiger partial charge >= 0.3 is 0 Å². The van der Waals surface area contributed by atoms with Gasteiger partial charge in [0.25, 0.3) is 0 Å². The molecule has 0 bridgehead atoms. The van der Waals surface area contributed by atoms with E-state index in [-0.39, 0.29) is 5.82 Å². The molecule has 1 fully saturated rings. The summed E-state index contributed by atoms with van der Waals surface area (Å²) in [6, 6.07) is 16.8. The molecule has 0 aliphatic carbocycles. The summed E-state index contributed by atoms with van der Waals surface area (Å²) in [6.07, 6.45) is -4.15. The second kappa shape index (κ2) is 8.52. The van der Waals surface area contributed by atoms with Crippen LogP contribution in [0.5, 0.6) is 0 Å². The molecule has 5 rings (SSSR count). The summed E-state index contributed by atoms with van der Waals surface area (Å²) in [6.45, 7) is 1.54. The average Bonchev–Trinajstić information content (AvgIpc) is 3.15. The number of fused-ring (bicyclic) bond motifs is 2.